The average Bonchev–Trinajstić information content (AvgIpc) is 2.78. The summed E-state index contributed by atoms with van der Waals surface area (Å²) in [5.74, 6) is 0. The lowest BCUT2D eigenvalue weighted by molar-refractivity contribution is 0.0991. The first-order chi connectivity index (χ1) is 8.66. The van der Waals surface area contributed by atoms with Crippen molar-refractivity contribution in [2.45, 2.75) is 31.3 Å². The van der Waals surface area contributed by atoms with E-state index in [9.17, 15) is 0 Å². The zero-order chi connectivity index (χ0) is 13.0. The molecule has 4 nitrogen and oxygen atoms in total. The van der Waals surface area contributed by atoms with Gasteiger partial charge in [0.15, 0.2) is 0 Å². The molecule has 1 aliphatic heterocycles. The Kier molecular flexibility index (Phi) is 4.72. The Bertz CT molecular complexity index is 354. The number of hydrogen-bond donors (Lipinski definition) is 1. The van der Waals surface area contributed by atoms with Gasteiger partial charge in [0, 0.05) is 24.0 Å². The lowest BCUT2D eigenvalue weighted by Gasteiger charge is -2.40. The van der Waals surface area contributed by atoms with Crippen LogP contribution in [0.3, 0.4) is 0 Å². The molecule has 2 N–H and O–H groups in total. The van der Waals surface area contributed by atoms with E-state index in [0.29, 0.717) is 0 Å². The number of rotatable bonds is 4. The zero-order valence-corrected chi connectivity index (χ0v) is 12.2. The van der Waals surface area contributed by atoms with E-state index in [-0.39, 0.29) is 5.54 Å². The molecule has 2 heterocycles. The van der Waals surface area contributed by atoms with Crippen molar-refractivity contribution in [1.29, 1.82) is 0 Å². The van der Waals surface area contributed by atoms with Gasteiger partial charge in [-0.25, -0.2) is 4.98 Å². The maximum atomic E-state index is 6.11. The van der Waals surface area contributed by atoms with Gasteiger partial charge in [-0.1, -0.05) is 0 Å². The molecule has 2 rings (SSSR count). The summed E-state index contributed by atoms with van der Waals surface area (Å²) in [7, 11) is 4.39. The van der Waals surface area contributed by atoms with Crippen LogP contribution in [0, 0.1) is 0 Å². The Morgan fingerprint density at radius 1 is 1.50 bits per heavy atom. The molecule has 5 heteroatoms. The van der Waals surface area contributed by atoms with E-state index in [1.165, 1.54) is 19.4 Å². The predicted molar refractivity (Wildman–Crippen MR) is 76.7 cm³/mol. The van der Waals surface area contributed by atoms with Gasteiger partial charge in [-0.15, -0.1) is 11.3 Å². The molecule has 0 saturated carbocycles. The van der Waals surface area contributed by atoms with E-state index in [1.54, 1.807) is 11.3 Å². The van der Waals surface area contributed by atoms with Gasteiger partial charge in [0.25, 0.3) is 0 Å². The fraction of sp³-hybridized carbons (Fsp3) is 0.769. The molecule has 18 heavy (non-hydrogen) atoms. The molecule has 102 valence electrons. The van der Waals surface area contributed by atoms with Gasteiger partial charge in [0.2, 0.25) is 0 Å². The molecule has 0 aromatic carbocycles. The Balaban J connectivity index is 2.05. The summed E-state index contributed by atoms with van der Waals surface area (Å²) in [5, 5.41) is 2.13. The van der Waals surface area contributed by atoms with Crippen LogP contribution in [0.4, 0.5) is 0 Å². The highest BCUT2D eigenvalue weighted by atomic mass is 32.1. The summed E-state index contributed by atoms with van der Waals surface area (Å²) >= 11 is 1.66. The standard InChI is InChI=1S/C13H24N4S/c1-16-6-3-4-13(10-14,5-7-16)17(2)8-12-9-18-11-15-12/h9,11H,3-8,10,14H2,1-2H3. The van der Waals surface area contributed by atoms with Crippen molar-refractivity contribution >= 4 is 11.3 Å². The van der Waals surface area contributed by atoms with Crippen LogP contribution in [-0.4, -0.2) is 54.1 Å². The highest BCUT2D eigenvalue weighted by Crippen LogP contribution is 2.28. The second-order valence-electron chi connectivity index (χ2n) is 5.42. The Morgan fingerprint density at radius 2 is 2.33 bits per heavy atom. The normalized spacial score (nSPS) is 26.4. The number of thiazole rings is 1. The van der Waals surface area contributed by atoms with Crippen LogP contribution < -0.4 is 5.73 Å². The third-order valence-electron chi connectivity index (χ3n) is 4.21. The molecule has 0 amide bonds. The van der Waals surface area contributed by atoms with Crippen molar-refractivity contribution in [2.75, 3.05) is 33.7 Å². The van der Waals surface area contributed by atoms with Crippen molar-refractivity contribution < 1.29 is 0 Å². The molecule has 1 aromatic rings. The molecule has 1 fully saturated rings. The van der Waals surface area contributed by atoms with Gasteiger partial charge in [0.1, 0.15) is 0 Å². The Labute approximate surface area is 114 Å². The van der Waals surface area contributed by atoms with Crippen LogP contribution in [0.25, 0.3) is 0 Å². The second kappa shape index (κ2) is 6.10. The average molecular weight is 268 g/mol. The van der Waals surface area contributed by atoms with Crippen LogP contribution in [-0.2, 0) is 6.54 Å². The number of hydrogen-bond acceptors (Lipinski definition) is 5. The van der Waals surface area contributed by atoms with Gasteiger partial charge < -0.3 is 10.6 Å². The lowest BCUT2D eigenvalue weighted by Crippen LogP contribution is -2.52. The van der Waals surface area contributed by atoms with Crippen LogP contribution >= 0.6 is 11.3 Å². The number of likely N-dealkylation sites (N-methyl/N-ethyl adjacent to an activating group) is 1. The Morgan fingerprint density at radius 3 is 3.00 bits per heavy atom. The maximum absolute atomic E-state index is 6.11. The number of likely N-dealkylation sites (tertiary alicyclic amines) is 1. The number of nitrogens with zero attached hydrogens (tertiary/aromatic N) is 3. The zero-order valence-electron chi connectivity index (χ0n) is 11.4. The summed E-state index contributed by atoms with van der Waals surface area (Å²) in [6.07, 6.45) is 3.57. The van der Waals surface area contributed by atoms with Crippen LogP contribution in [0.2, 0.25) is 0 Å². The first-order valence-electron chi connectivity index (χ1n) is 6.63. The quantitative estimate of drug-likeness (QED) is 0.896. The summed E-state index contributed by atoms with van der Waals surface area (Å²) in [6, 6.07) is 0. The number of nitrogens with two attached hydrogens (primary N) is 1. The highest BCUT2D eigenvalue weighted by Gasteiger charge is 2.34. The van der Waals surface area contributed by atoms with Gasteiger partial charge in [-0.3, -0.25) is 4.90 Å². The van der Waals surface area contributed by atoms with E-state index in [4.69, 9.17) is 5.73 Å². The molecule has 1 aromatic heterocycles. The van der Waals surface area contributed by atoms with Gasteiger partial charge in [0.05, 0.1) is 11.2 Å². The summed E-state index contributed by atoms with van der Waals surface area (Å²) in [5.41, 5.74) is 9.31. The summed E-state index contributed by atoms with van der Waals surface area (Å²) < 4.78 is 0. The maximum Gasteiger partial charge on any atom is 0.0795 e. The molecule has 1 atom stereocenters. The molecule has 0 aliphatic carbocycles. The third-order valence-corrected chi connectivity index (χ3v) is 4.85. The molecule has 1 unspecified atom stereocenters. The number of aromatic nitrogens is 1. The van der Waals surface area contributed by atoms with Crippen molar-refractivity contribution in [2.24, 2.45) is 5.73 Å². The first kappa shape index (κ1) is 13.9. The largest absolute Gasteiger partial charge is 0.329 e. The fourth-order valence-corrected chi connectivity index (χ4v) is 3.33. The molecule has 0 radical (unpaired) electrons. The predicted octanol–water partition coefficient (Wildman–Crippen LogP) is 1.39. The monoisotopic (exact) mass is 268 g/mol. The smallest absolute Gasteiger partial charge is 0.0795 e. The first-order valence-corrected chi connectivity index (χ1v) is 7.57. The third kappa shape index (κ3) is 3.09. The second-order valence-corrected chi connectivity index (χ2v) is 6.14. The Hall–Kier alpha value is -0.490. The minimum Gasteiger partial charge on any atom is -0.329 e. The molecular weight excluding hydrogens is 244 g/mol. The van der Waals surface area contributed by atoms with Gasteiger partial charge in [-0.2, -0.15) is 0 Å². The van der Waals surface area contributed by atoms with Crippen molar-refractivity contribution in [3.63, 3.8) is 0 Å². The molecule has 1 saturated heterocycles. The minimum atomic E-state index is 0.147. The topological polar surface area (TPSA) is 45.4 Å². The lowest BCUT2D eigenvalue weighted by atomic mass is 9.88. The van der Waals surface area contributed by atoms with Crippen molar-refractivity contribution in [1.82, 2.24) is 14.8 Å². The molecule has 0 bridgehead atoms. The van der Waals surface area contributed by atoms with Gasteiger partial charge in [-0.05, 0) is 46.4 Å². The van der Waals surface area contributed by atoms with Crippen LogP contribution in [0.1, 0.15) is 25.0 Å². The van der Waals surface area contributed by atoms with E-state index in [1.807, 2.05) is 5.51 Å². The molecule has 1 aliphatic rings. The van der Waals surface area contributed by atoms with E-state index < -0.39 is 0 Å². The fourth-order valence-electron chi connectivity index (χ4n) is 2.78. The van der Waals surface area contributed by atoms with E-state index in [0.717, 1.165) is 31.7 Å². The highest BCUT2D eigenvalue weighted by molar-refractivity contribution is 7.07. The van der Waals surface area contributed by atoms with Crippen LogP contribution in [0.5, 0.6) is 0 Å². The van der Waals surface area contributed by atoms with E-state index in [2.05, 4.69) is 34.3 Å². The van der Waals surface area contributed by atoms with Gasteiger partial charge >= 0.3 is 0 Å². The molecule has 0 spiro atoms. The van der Waals surface area contributed by atoms with E-state index >= 15 is 0 Å². The van der Waals surface area contributed by atoms with Crippen molar-refractivity contribution in [3.8, 4) is 0 Å². The SMILES string of the molecule is CN1CCCC(CN)(N(C)Cc2cscn2)CC1. The summed E-state index contributed by atoms with van der Waals surface area (Å²) in [6.45, 7) is 3.97. The summed E-state index contributed by atoms with van der Waals surface area (Å²) in [4.78, 5) is 9.21. The van der Waals surface area contributed by atoms with Crippen LogP contribution in [0.15, 0.2) is 10.9 Å². The molecular formula is C13H24N4S. The minimum absolute atomic E-state index is 0.147. The van der Waals surface area contributed by atoms with Crippen molar-refractivity contribution in [3.05, 3.63) is 16.6 Å².